The van der Waals surface area contributed by atoms with Crippen molar-refractivity contribution in [2.24, 2.45) is 5.92 Å². The van der Waals surface area contributed by atoms with E-state index in [1.54, 1.807) is 11.9 Å². The number of carbonyl (C=O) groups excluding carboxylic acids is 1. The van der Waals surface area contributed by atoms with Crippen LogP contribution in [0, 0.1) is 5.92 Å². The number of hydrogen-bond acceptors (Lipinski definition) is 4. The molecule has 0 aromatic carbocycles. The van der Waals surface area contributed by atoms with Gasteiger partial charge in [0.05, 0.1) is 0 Å². The van der Waals surface area contributed by atoms with Gasteiger partial charge in [0, 0.05) is 45.8 Å². The van der Waals surface area contributed by atoms with Gasteiger partial charge in [-0.15, -0.1) is 0 Å². The first-order chi connectivity index (χ1) is 7.79. The highest BCUT2D eigenvalue weighted by molar-refractivity contribution is 7.96. The number of amides is 1. The van der Waals surface area contributed by atoms with Crippen molar-refractivity contribution in [3.63, 3.8) is 0 Å². The molecule has 2 heterocycles. The second-order valence-corrected chi connectivity index (χ2v) is 5.31. The molecule has 2 aliphatic rings. The zero-order valence-corrected chi connectivity index (χ0v) is 10.7. The first-order valence-electron chi connectivity index (χ1n) is 5.94. The standard InChI is InChI=1S/C11H20N2O2S/c1-16-13-5-3-12(4-6-13)11(14)8-10-2-7-15-9-10/h10H,2-9H2,1H3. The fraction of sp³-hybridized carbons (Fsp3) is 0.909. The average molecular weight is 244 g/mol. The van der Waals surface area contributed by atoms with Gasteiger partial charge in [-0.3, -0.25) is 4.79 Å². The van der Waals surface area contributed by atoms with Crippen molar-refractivity contribution in [3.8, 4) is 0 Å². The maximum absolute atomic E-state index is 12.0. The van der Waals surface area contributed by atoms with Crippen LogP contribution < -0.4 is 0 Å². The van der Waals surface area contributed by atoms with E-state index in [1.165, 1.54) is 0 Å². The molecule has 0 N–H and O–H groups in total. The second-order valence-electron chi connectivity index (χ2n) is 4.43. The molecule has 0 aromatic heterocycles. The third kappa shape index (κ3) is 3.12. The molecule has 1 unspecified atom stereocenters. The lowest BCUT2D eigenvalue weighted by Crippen LogP contribution is -2.46. The molecule has 0 saturated carbocycles. The molecular weight excluding hydrogens is 224 g/mol. The van der Waals surface area contributed by atoms with Crippen molar-refractivity contribution >= 4 is 17.9 Å². The Morgan fingerprint density at radius 1 is 1.38 bits per heavy atom. The van der Waals surface area contributed by atoms with Crippen LogP contribution in [0.3, 0.4) is 0 Å². The van der Waals surface area contributed by atoms with E-state index in [2.05, 4.69) is 10.6 Å². The lowest BCUT2D eigenvalue weighted by molar-refractivity contribution is -0.133. The van der Waals surface area contributed by atoms with Crippen LogP contribution in [0.4, 0.5) is 0 Å². The lowest BCUT2D eigenvalue weighted by atomic mass is 10.0. The average Bonchev–Trinajstić information content (AvgIpc) is 2.82. The summed E-state index contributed by atoms with van der Waals surface area (Å²) in [5.41, 5.74) is 0. The Labute approximate surface area is 101 Å². The van der Waals surface area contributed by atoms with Gasteiger partial charge in [-0.1, -0.05) is 11.9 Å². The van der Waals surface area contributed by atoms with Crippen LogP contribution >= 0.6 is 11.9 Å². The van der Waals surface area contributed by atoms with Gasteiger partial charge in [-0.25, -0.2) is 4.31 Å². The van der Waals surface area contributed by atoms with Crippen molar-refractivity contribution in [3.05, 3.63) is 0 Å². The van der Waals surface area contributed by atoms with E-state index in [9.17, 15) is 4.79 Å². The van der Waals surface area contributed by atoms with Gasteiger partial charge < -0.3 is 9.64 Å². The third-order valence-corrected chi connectivity index (χ3v) is 4.22. The number of carbonyl (C=O) groups is 1. The molecule has 5 heteroatoms. The summed E-state index contributed by atoms with van der Waals surface area (Å²) in [7, 11) is 0. The van der Waals surface area contributed by atoms with Crippen LogP contribution in [-0.4, -0.2) is 60.8 Å². The molecule has 0 aromatic rings. The zero-order chi connectivity index (χ0) is 11.4. The maximum atomic E-state index is 12.0. The van der Waals surface area contributed by atoms with Crippen molar-refractivity contribution in [1.29, 1.82) is 0 Å². The Morgan fingerprint density at radius 3 is 2.69 bits per heavy atom. The highest BCUT2D eigenvalue weighted by Gasteiger charge is 2.25. The highest BCUT2D eigenvalue weighted by atomic mass is 32.2. The Bertz CT molecular complexity index is 236. The number of rotatable bonds is 3. The minimum atomic E-state index is 0.316. The van der Waals surface area contributed by atoms with Crippen LogP contribution in [0.15, 0.2) is 0 Å². The van der Waals surface area contributed by atoms with Crippen LogP contribution in [0.25, 0.3) is 0 Å². The molecule has 2 rings (SSSR count). The summed E-state index contributed by atoms with van der Waals surface area (Å²) < 4.78 is 7.61. The fourth-order valence-corrected chi connectivity index (χ4v) is 2.77. The quantitative estimate of drug-likeness (QED) is 0.689. The summed E-state index contributed by atoms with van der Waals surface area (Å²) in [5.74, 6) is 0.780. The smallest absolute Gasteiger partial charge is 0.223 e. The summed E-state index contributed by atoms with van der Waals surface area (Å²) in [6.45, 7) is 5.36. The van der Waals surface area contributed by atoms with E-state index >= 15 is 0 Å². The molecular formula is C11H20N2O2S. The van der Waals surface area contributed by atoms with Gasteiger partial charge >= 0.3 is 0 Å². The summed E-state index contributed by atoms with van der Waals surface area (Å²) in [4.78, 5) is 14.0. The summed E-state index contributed by atoms with van der Waals surface area (Å²) in [6, 6.07) is 0. The SMILES string of the molecule is CSN1CCN(C(=O)CC2CCOC2)CC1. The summed E-state index contributed by atoms with van der Waals surface area (Å²) >= 11 is 1.77. The monoisotopic (exact) mass is 244 g/mol. The van der Waals surface area contributed by atoms with E-state index in [1.807, 2.05) is 4.90 Å². The van der Waals surface area contributed by atoms with Crippen LogP contribution in [0.1, 0.15) is 12.8 Å². The molecule has 92 valence electrons. The van der Waals surface area contributed by atoms with E-state index in [0.717, 1.165) is 45.8 Å². The van der Waals surface area contributed by atoms with Crippen LogP contribution in [0.2, 0.25) is 0 Å². The lowest BCUT2D eigenvalue weighted by Gasteiger charge is -2.33. The van der Waals surface area contributed by atoms with Gasteiger partial charge in [-0.2, -0.15) is 0 Å². The maximum Gasteiger partial charge on any atom is 0.223 e. The first-order valence-corrected chi connectivity index (χ1v) is 7.12. The molecule has 1 atom stereocenters. The molecule has 0 spiro atoms. The van der Waals surface area contributed by atoms with Gasteiger partial charge in [-0.05, 0) is 18.6 Å². The predicted octanol–water partition coefficient (Wildman–Crippen LogP) is 0.835. The van der Waals surface area contributed by atoms with Crippen molar-refractivity contribution in [2.75, 3.05) is 45.6 Å². The zero-order valence-electron chi connectivity index (χ0n) is 9.85. The van der Waals surface area contributed by atoms with E-state index in [-0.39, 0.29) is 0 Å². The molecule has 2 aliphatic heterocycles. The Hall–Kier alpha value is -0.260. The highest BCUT2D eigenvalue weighted by Crippen LogP contribution is 2.18. The topological polar surface area (TPSA) is 32.8 Å². The summed E-state index contributed by atoms with van der Waals surface area (Å²) in [6.07, 6.45) is 3.82. The van der Waals surface area contributed by atoms with Gasteiger partial charge in [0.2, 0.25) is 5.91 Å². The molecule has 4 nitrogen and oxygen atoms in total. The predicted molar refractivity (Wildman–Crippen MR) is 65.2 cm³/mol. The number of hydrogen-bond donors (Lipinski definition) is 0. The molecule has 0 bridgehead atoms. The largest absolute Gasteiger partial charge is 0.381 e. The minimum absolute atomic E-state index is 0.316. The molecule has 1 amide bonds. The molecule has 2 saturated heterocycles. The van der Waals surface area contributed by atoms with Crippen LogP contribution in [0.5, 0.6) is 0 Å². The Kier molecular flexibility index (Phi) is 4.49. The van der Waals surface area contributed by atoms with Crippen LogP contribution in [-0.2, 0) is 9.53 Å². The summed E-state index contributed by atoms with van der Waals surface area (Å²) in [5, 5.41) is 0. The molecule has 0 aliphatic carbocycles. The number of ether oxygens (including phenoxy) is 1. The van der Waals surface area contributed by atoms with Gasteiger partial charge in [0.15, 0.2) is 0 Å². The molecule has 0 radical (unpaired) electrons. The van der Waals surface area contributed by atoms with E-state index in [4.69, 9.17) is 4.74 Å². The van der Waals surface area contributed by atoms with Gasteiger partial charge in [0.25, 0.3) is 0 Å². The number of piperazine rings is 1. The Balaban J connectivity index is 1.73. The fourth-order valence-electron chi connectivity index (χ4n) is 2.24. The first kappa shape index (κ1) is 12.2. The Morgan fingerprint density at radius 2 is 2.12 bits per heavy atom. The van der Waals surface area contributed by atoms with Crippen molar-refractivity contribution in [2.45, 2.75) is 12.8 Å². The van der Waals surface area contributed by atoms with E-state index in [0.29, 0.717) is 18.2 Å². The number of nitrogens with zero attached hydrogens (tertiary/aromatic N) is 2. The third-order valence-electron chi connectivity index (χ3n) is 3.34. The molecule has 2 fully saturated rings. The molecule has 16 heavy (non-hydrogen) atoms. The minimum Gasteiger partial charge on any atom is -0.381 e. The normalized spacial score (nSPS) is 27.3. The van der Waals surface area contributed by atoms with Gasteiger partial charge in [0.1, 0.15) is 0 Å². The van der Waals surface area contributed by atoms with Crippen molar-refractivity contribution in [1.82, 2.24) is 9.21 Å². The van der Waals surface area contributed by atoms with Crippen molar-refractivity contribution < 1.29 is 9.53 Å². The van der Waals surface area contributed by atoms with E-state index < -0.39 is 0 Å². The second kappa shape index (κ2) is 5.89.